The van der Waals surface area contributed by atoms with Crippen molar-refractivity contribution < 1.29 is 14.6 Å². The lowest BCUT2D eigenvalue weighted by Crippen LogP contribution is -2.38. The Balaban J connectivity index is 2.76. The van der Waals surface area contributed by atoms with Crippen LogP contribution < -0.4 is 0 Å². The summed E-state index contributed by atoms with van der Waals surface area (Å²) < 4.78 is 4.75. The molecule has 1 aromatic heterocycles. The summed E-state index contributed by atoms with van der Waals surface area (Å²) in [6.45, 7) is 7.64. The van der Waals surface area contributed by atoms with Gasteiger partial charge in [-0.25, -0.2) is 4.79 Å². The van der Waals surface area contributed by atoms with Crippen LogP contribution >= 0.6 is 11.3 Å². The van der Waals surface area contributed by atoms with Gasteiger partial charge in [-0.1, -0.05) is 6.92 Å². The van der Waals surface area contributed by atoms with Crippen molar-refractivity contribution in [3.63, 3.8) is 0 Å². The second kappa shape index (κ2) is 6.31. The average molecular weight is 271 g/mol. The van der Waals surface area contributed by atoms with Crippen molar-refractivity contribution >= 4 is 17.3 Å². The van der Waals surface area contributed by atoms with Crippen molar-refractivity contribution in [1.29, 1.82) is 0 Å². The van der Waals surface area contributed by atoms with E-state index in [0.29, 0.717) is 18.0 Å². The third-order valence-corrected chi connectivity index (χ3v) is 3.51. The van der Waals surface area contributed by atoms with E-state index in [4.69, 9.17) is 4.74 Å². The highest BCUT2D eigenvalue weighted by Gasteiger charge is 2.20. The Hall–Kier alpha value is -0.910. The van der Waals surface area contributed by atoms with Crippen molar-refractivity contribution in [1.82, 2.24) is 4.90 Å². The van der Waals surface area contributed by atoms with Crippen LogP contribution in [-0.2, 0) is 11.3 Å². The zero-order valence-corrected chi connectivity index (χ0v) is 12.2. The summed E-state index contributed by atoms with van der Waals surface area (Å²) in [6, 6.07) is 1.93. The first kappa shape index (κ1) is 15.1. The predicted molar refractivity (Wildman–Crippen MR) is 72.9 cm³/mol. The zero-order chi connectivity index (χ0) is 13.8. The minimum absolute atomic E-state index is 0.292. The van der Waals surface area contributed by atoms with Gasteiger partial charge < -0.3 is 9.84 Å². The van der Waals surface area contributed by atoms with E-state index in [2.05, 4.69) is 4.90 Å². The van der Waals surface area contributed by atoms with Crippen molar-refractivity contribution in [2.45, 2.75) is 32.9 Å². The number of ether oxygens (including phenoxy) is 1. The number of carbonyl (C=O) groups is 1. The molecule has 18 heavy (non-hydrogen) atoms. The number of rotatable bonds is 6. The minimum atomic E-state index is -0.739. The van der Waals surface area contributed by atoms with E-state index < -0.39 is 5.60 Å². The molecule has 5 heteroatoms. The molecule has 1 aromatic rings. The van der Waals surface area contributed by atoms with Gasteiger partial charge in [0.15, 0.2) is 0 Å². The highest BCUT2D eigenvalue weighted by Crippen LogP contribution is 2.20. The van der Waals surface area contributed by atoms with Crippen LogP contribution in [0.4, 0.5) is 0 Å². The fraction of sp³-hybridized carbons (Fsp3) is 0.615. The molecule has 1 heterocycles. The number of nitrogens with zero attached hydrogens (tertiary/aromatic N) is 1. The molecule has 0 aliphatic carbocycles. The fourth-order valence-corrected chi connectivity index (χ4v) is 2.63. The molecule has 0 spiro atoms. The van der Waals surface area contributed by atoms with Gasteiger partial charge in [0, 0.05) is 13.1 Å². The largest absolute Gasteiger partial charge is 0.465 e. The average Bonchev–Trinajstić information content (AvgIpc) is 2.73. The summed E-state index contributed by atoms with van der Waals surface area (Å²) in [5, 5.41) is 11.7. The van der Waals surface area contributed by atoms with E-state index in [-0.39, 0.29) is 5.97 Å². The normalized spacial score (nSPS) is 11.9. The van der Waals surface area contributed by atoms with Crippen LogP contribution in [-0.4, -0.2) is 41.8 Å². The highest BCUT2D eigenvalue weighted by atomic mass is 32.1. The van der Waals surface area contributed by atoms with E-state index in [1.165, 1.54) is 18.4 Å². The van der Waals surface area contributed by atoms with Crippen LogP contribution in [0.1, 0.15) is 36.0 Å². The summed E-state index contributed by atoms with van der Waals surface area (Å²) >= 11 is 1.39. The molecule has 1 N–H and O–H groups in total. The third-order valence-electron chi connectivity index (χ3n) is 2.57. The van der Waals surface area contributed by atoms with E-state index in [9.17, 15) is 9.90 Å². The summed E-state index contributed by atoms with van der Waals surface area (Å²) in [5.74, 6) is -0.292. The van der Waals surface area contributed by atoms with Crippen molar-refractivity contribution in [2.75, 3.05) is 20.2 Å². The Morgan fingerprint density at radius 2 is 2.22 bits per heavy atom. The molecule has 0 fully saturated rings. The molecule has 0 bridgehead atoms. The van der Waals surface area contributed by atoms with Gasteiger partial charge in [0.25, 0.3) is 0 Å². The minimum Gasteiger partial charge on any atom is -0.465 e. The van der Waals surface area contributed by atoms with Crippen molar-refractivity contribution in [3.8, 4) is 0 Å². The van der Waals surface area contributed by atoms with Gasteiger partial charge in [0.05, 0.1) is 12.7 Å². The molecule has 0 unspecified atom stereocenters. The molecule has 0 radical (unpaired) electrons. The van der Waals surface area contributed by atoms with E-state index in [1.54, 1.807) is 13.8 Å². The number of carbonyl (C=O) groups excluding carboxylic acids is 1. The molecule has 0 aliphatic rings. The maximum Gasteiger partial charge on any atom is 0.348 e. The van der Waals surface area contributed by atoms with Gasteiger partial charge in [-0.2, -0.15) is 0 Å². The van der Waals surface area contributed by atoms with E-state index in [0.717, 1.165) is 12.1 Å². The molecular formula is C13H21NO3S. The summed E-state index contributed by atoms with van der Waals surface area (Å²) in [4.78, 5) is 14.3. The SMILES string of the molecule is CCN(Cc1ccsc1C(=O)OC)CC(C)(C)O. The maximum atomic E-state index is 11.6. The Kier molecular flexibility index (Phi) is 5.31. The maximum absolute atomic E-state index is 11.6. The smallest absolute Gasteiger partial charge is 0.348 e. The molecule has 0 atom stereocenters. The third kappa shape index (κ3) is 4.40. The number of thiophene rings is 1. The molecular weight excluding hydrogens is 250 g/mol. The Labute approximate surface area is 112 Å². The molecule has 1 rings (SSSR count). The number of esters is 1. The van der Waals surface area contributed by atoms with Crippen LogP contribution in [0.3, 0.4) is 0 Å². The molecule has 0 aromatic carbocycles. The van der Waals surface area contributed by atoms with Gasteiger partial charge >= 0.3 is 5.97 Å². The first-order valence-electron chi connectivity index (χ1n) is 5.96. The molecule has 4 nitrogen and oxygen atoms in total. The van der Waals surface area contributed by atoms with E-state index in [1.807, 2.05) is 18.4 Å². The number of hydrogen-bond donors (Lipinski definition) is 1. The monoisotopic (exact) mass is 271 g/mol. The Morgan fingerprint density at radius 3 is 2.72 bits per heavy atom. The first-order chi connectivity index (χ1) is 8.37. The lowest BCUT2D eigenvalue weighted by atomic mass is 10.1. The van der Waals surface area contributed by atoms with Gasteiger partial charge in [-0.05, 0) is 37.4 Å². The summed E-state index contributed by atoms with van der Waals surface area (Å²) in [5.41, 5.74) is 0.218. The topological polar surface area (TPSA) is 49.8 Å². The molecule has 0 saturated carbocycles. The van der Waals surface area contributed by atoms with Crippen molar-refractivity contribution in [3.05, 3.63) is 21.9 Å². The van der Waals surface area contributed by atoms with E-state index >= 15 is 0 Å². The molecule has 0 aliphatic heterocycles. The lowest BCUT2D eigenvalue weighted by molar-refractivity contribution is 0.0352. The Bertz CT molecular complexity index is 395. The number of aliphatic hydroxyl groups is 1. The summed E-state index contributed by atoms with van der Waals surface area (Å²) in [7, 11) is 1.39. The molecule has 0 saturated heterocycles. The quantitative estimate of drug-likeness (QED) is 0.805. The predicted octanol–water partition coefficient (Wildman–Crippen LogP) is 2.13. The number of hydrogen-bond acceptors (Lipinski definition) is 5. The molecule has 102 valence electrons. The van der Waals surface area contributed by atoms with Crippen LogP contribution in [0, 0.1) is 0 Å². The standard InChI is InChI=1S/C13H21NO3S/c1-5-14(9-13(2,3)16)8-10-6-7-18-11(10)12(15)17-4/h6-7,16H,5,8-9H2,1-4H3. The van der Waals surface area contributed by atoms with Crippen LogP contribution in [0.25, 0.3) is 0 Å². The number of methoxy groups -OCH3 is 1. The highest BCUT2D eigenvalue weighted by molar-refractivity contribution is 7.12. The second-order valence-corrected chi connectivity index (χ2v) is 5.80. The van der Waals surface area contributed by atoms with Crippen LogP contribution in [0.15, 0.2) is 11.4 Å². The van der Waals surface area contributed by atoms with Crippen LogP contribution in [0.2, 0.25) is 0 Å². The number of likely N-dealkylation sites (N-methyl/N-ethyl adjacent to an activating group) is 1. The second-order valence-electron chi connectivity index (χ2n) is 4.88. The fourth-order valence-electron chi connectivity index (χ4n) is 1.80. The lowest BCUT2D eigenvalue weighted by Gasteiger charge is -2.27. The van der Waals surface area contributed by atoms with Gasteiger partial charge in [-0.3, -0.25) is 4.90 Å². The van der Waals surface area contributed by atoms with Gasteiger partial charge in [0.1, 0.15) is 4.88 Å². The first-order valence-corrected chi connectivity index (χ1v) is 6.84. The Morgan fingerprint density at radius 1 is 1.56 bits per heavy atom. The summed E-state index contributed by atoms with van der Waals surface area (Å²) in [6.07, 6.45) is 0. The van der Waals surface area contributed by atoms with Gasteiger partial charge in [-0.15, -0.1) is 11.3 Å². The van der Waals surface area contributed by atoms with Crippen molar-refractivity contribution in [2.24, 2.45) is 0 Å². The van der Waals surface area contributed by atoms with Gasteiger partial charge in [0.2, 0.25) is 0 Å². The zero-order valence-electron chi connectivity index (χ0n) is 11.4. The van der Waals surface area contributed by atoms with Crippen LogP contribution in [0.5, 0.6) is 0 Å². The molecule has 0 amide bonds.